The summed E-state index contributed by atoms with van der Waals surface area (Å²) in [6.45, 7) is 0.262. The number of esters is 1. The molecule has 1 aromatic carbocycles. The molecule has 0 aliphatic rings. The molecule has 0 saturated heterocycles. The van der Waals surface area contributed by atoms with E-state index in [0.717, 1.165) is 0 Å². The summed E-state index contributed by atoms with van der Waals surface area (Å²) in [5.74, 6) is -0.634. The summed E-state index contributed by atoms with van der Waals surface area (Å²) in [4.78, 5) is 24.6. The minimum atomic E-state index is -0.465. The number of nitrogens with two attached hydrogens (primary N) is 1. The maximum Gasteiger partial charge on any atom is 0.337 e. The lowest BCUT2D eigenvalue weighted by atomic mass is 10.1. The number of anilines is 2. The number of methoxy groups -OCH3 is 1. The Kier molecular flexibility index (Phi) is 4.67. The molecular formula is C12H17N3O3. The van der Waals surface area contributed by atoms with Gasteiger partial charge in [0.05, 0.1) is 30.6 Å². The number of nitrogens with zero attached hydrogens (tertiary/aromatic N) is 1. The Morgan fingerprint density at radius 3 is 2.56 bits per heavy atom. The second kappa shape index (κ2) is 6.02. The number of ether oxygens (including phenoxy) is 1. The van der Waals surface area contributed by atoms with E-state index < -0.39 is 5.97 Å². The van der Waals surface area contributed by atoms with E-state index in [0.29, 0.717) is 16.9 Å². The van der Waals surface area contributed by atoms with Crippen LogP contribution in [0.1, 0.15) is 10.4 Å². The Hall–Kier alpha value is -2.08. The molecule has 0 spiro atoms. The van der Waals surface area contributed by atoms with Gasteiger partial charge in [0.2, 0.25) is 5.91 Å². The zero-order valence-electron chi connectivity index (χ0n) is 10.7. The van der Waals surface area contributed by atoms with Gasteiger partial charge in [0.1, 0.15) is 0 Å². The van der Waals surface area contributed by atoms with E-state index in [2.05, 4.69) is 10.1 Å². The van der Waals surface area contributed by atoms with Crippen LogP contribution in [-0.4, -0.2) is 44.5 Å². The van der Waals surface area contributed by atoms with Gasteiger partial charge in [-0.3, -0.25) is 4.79 Å². The number of hydrogen-bond donors (Lipinski definition) is 2. The molecule has 1 rings (SSSR count). The summed E-state index contributed by atoms with van der Waals surface area (Å²) < 4.78 is 4.58. The van der Waals surface area contributed by atoms with Crippen LogP contribution >= 0.6 is 0 Å². The molecule has 0 atom stereocenters. The van der Waals surface area contributed by atoms with E-state index in [9.17, 15) is 9.59 Å². The molecular weight excluding hydrogens is 234 g/mol. The van der Waals surface area contributed by atoms with Crippen molar-refractivity contribution in [3.8, 4) is 0 Å². The van der Waals surface area contributed by atoms with E-state index in [4.69, 9.17) is 5.73 Å². The number of rotatable bonds is 4. The van der Waals surface area contributed by atoms with Crippen molar-refractivity contribution in [1.82, 2.24) is 4.90 Å². The molecule has 0 unspecified atom stereocenters. The molecule has 0 radical (unpaired) electrons. The lowest BCUT2D eigenvalue weighted by Crippen LogP contribution is -2.27. The Labute approximate surface area is 106 Å². The third kappa shape index (κ3) is 3.74. The first-order valence-corrected chi connectivity index (χ1v) is 5.36. The van der Waals surface area contributed by atoms with Crippen LogP contribution in [0.25, 0.3) is 0 Å². The molecule has 3 N–H and O–H groups in total. The Bertz CT molecular complexity index is 458. The summed E-state index contributed by atoms with van der Waals surface area (Å²) in [7, 11) is 4.89. The fourth-order valence-electron chi connectivity index (χ4n) is 1.40. The quantitative estimate of drug-likeness (QED) is 0.603. The minimum Gasteiger partial charge on any atom is -0.465 e. The molecule has 6 heteroatoms. The van der Waals surface area contributed by atoms with Gasteiger partial charge in [-0.2, -0.15) is 0 Å². The van der Waals surface area contributed by atoms with Crippen LogP contribution in [0.5, 0.6) is 0 Å². The van der Waals surface area contributed by atoms with Gasteiger partial charge in [-0.25, -0.2) is 4.79 Å². The highest BCUT2D eigenvalue weighted by atomic mass is 16.5. The van der Waals surface area contributed by atoms with Gasteiger partial charge in [0, 0.05) is 0 Å². The van der Waals surface area contributed by atoms with Crippen LogP contribution in [0.15, 0.2) is 18.2 Å². The highest BCUT2D eigenvalue weighted by Crippen LogP contribution is 2.20. The Morgan fingerprint density at radius 2 is 2.06 bits per heavy atom. The molecule has 0 bridgehead atoms. The number of carbonyl (C=O) groups excluding carboxylic acids is 2. The van der Waals surface area contributed by atoms with Crippen LogP contribution in [0, 0.1) is 0 Å². The first kappa shape index (κ1) is 14.0. The maximum absolute atomic E-state index is 11.6. The third-order valence-electron chi connectivity index (χ3n) is 2.21. The molecule has 0 aliphatic heterocycles. The number of carbonyl (C=O) groups is 2. The lowest BCUT2D eigenvalue weighted by Gasteiger charge is -2.12. The van der Waals surface area contributed by atoms with E-state index in [1.165, 1.54) is 13.2 Å². The largest absolute Gasteiger partial charge is 0.465 e. The van der Waals surface area contributed by atoms with Crippen molar-refractivity contribution in [3.05, 3.63) is 23.8 Å². The average Bonchev–Trinajstić information content (AvgIpc) is 2.29. The fraction of sp³-hybridized carbons (Fsp3) is 0.333. The standard InChI is InChI=1S/C12H17N3O3/c1-15(2)7-11(16)14-10-5-4-8(6-9(10)13)12(17)18-3/h4-6H,7,13H2,1-3H3,(H,14,16). The van der Waals surface area contributed by atoms with Gasteiger partial charge >= 0.3 is 5.97 Å². The predicted octanol–water partition coefficient (Wildman–Crippen LogP) is 0.555. The molecule has 0 heterocycles. The van der Waals surface area contributed by atoms with Crippen molar-refractivity contribution in [2.75, 3.05) is 38.8 Å². The van der Waals surface area contributed by atoms with Crippen LogP contribution in [-0.2, 0) is 9.53 Å². The van der Waals surface area contributed by atoms with E-state index >= 15 is 0 Å². The molecule has 1 amide bonds. The van der Waals surface area contributed by atoms with Crippen molar-refractivity contribution >= 4 is 23.3 Å². The van der Waals surface area contributed by atoms with Crippen LogP contribution in [0.3, 0.4) is 0 Å². The molecule has 0 fully saturated rings. The zero-order chi connectivity index (χ0) is 13.7. The molecule has 0 aromatic heterocycles. The second-order valence-electron chi connectivity index (χ2n) is 4.08. The number of likely N-dealkylation sites (N-methyl/N-ethyl adjacent to an activating group) is 1. The number of nitrogens with one attached hydrogen (secondary N) is 1. The van der Waals surface area contributed by atoms with E-state index in [1.807, 2.05) is 0 Å². The summed E-state index contributed by atoms with van der Waals surface area (Å²) in [5, 5.41) is 2.67. The minimum absolute atomic E-state index is 0.169. The summed E-state index contributed by atoms with van der Waals surface area (Å²) >= 11 is 0. The Balaban J connectivity index is 2.80. The van der Waals surface area contributed by atoms with Gasteiger partial charge in [-0.1, -0.05) is 0 Å². The van der Waals surface area contributed by atoms with Gasteiger partial charge < -0.3 is 20.7 Å². The van der Waals surface area contributed by atoms with E-state index in [1.54, 1.807) is 31.1 Å². The van der Waals surface area contributed by atoms with Crippen molar-refractivity contribution in [2.45, 2.75) is 0 Å². The maximum atomic E-state index is 11.6. The third-order valence-corrected chi connectivity index (χ3v) is 2.21. The second-order valence-corrected chi connectivity index (χ2v) is 4.08. The van der Waals surface area contributed by atoms with Crippen molar-refractivity contribution in [1.29, 1.82) is 0 Å². The number of amides is 1. The zero-order valence-corrected chi connectivity index (χ0v) is 10.7. The lowest BCUT2D eigenvalue weighted by molar-refractivity contribution is -0.116. The summed E-state index contributed by atoms with van der Waals surface area (Å²) in [6, 6.07) is 4.60. The molecule has 1 aromatic rings. The fourth-order valence-corrected chi connectivity index (χ4v) is 1.40. The molecule has 6 nitrogen and oxygen atoms in total. The number of benzene rings is 1. The molecule has 18 heavy (non-hydrogen) atoms. The molecule has 0 aliphatic carbocycles. The topological polar surface area (TPSA) is 84.7 Å². The van der Waals surface area contributed by atoms with Gasteiger partial charge in [-0.15, -0.1) is 0 Å². The first-order chi connectivity index (χ1) is 8.43. The Morgan fingerprint density at radius 1 is 1.39 bits per heavy atom. The highest BCUT2D eigenvalue weighted by Gasteiger charge is 2.10. The normalized spacial score (nSPS) is 10.2. The highest BCUT2D eigenvalue weighted by molar-refractivity contribution is 5.97. The smallest absolute Gasteiger partial charge is 0.337 e. The SMILES string of the molecule is COC(=O)c1ccc(NC(=O)CN(C)C)c(N)c1. The summed E-state index contributed by atoms with van der Waals surface area (Å²) in [6.07, 6.45) is 0. The predicted molar refractivity (Wildman–Crippen MR) is 69.4 cm³/mol. The summed E-state index contributed by atoms with van der Waals surface area (Å²) in [5.41, 5.74) is 6.91. The first-order valence-electron chi connectivity index (χ1n) is 5.36. The molecule has 0 saturated carbocycles. The average molecular weight is 251 g/mol. The van der Waals surface area contributed by atoms with Crippen LogP contribution < -0.4 is 11.1 Å². The van der Waals surface area contributed by atoms with Crippen molar-refractivity contribution < 1.29 is 14.3 Å². The van der Waals surface area contributed by atoms with Gasteiger partial charge in [0.15, 0.2) is 0 Å². The number of nitrogen functional groups attached to an aromatic ring is 1. The van der Waals surface area contributed by atoms with Crippen LogP contribution in [0.2, 0.25) is 0 Å². The number of hydrogen-bond acceptors (Lipinski definition) is 5. The van der Waals surface area contributed by atoms with Crippen molar-refractivity contribution in [3.63, 3.8) is 0 Å². The van der Waals surface area contributed by atoms with Gasteiger partial charge in [0.25, 0.3) is 0 Å². The molecule has 98 valence electrons. The van der Waals surface area contributed by atoms with Crippen LogP contribution in [0.4, 0.5) is 11.4 Å². The monoisotopic (exact) mass is 251 g/mol. The van der Waals surface area contributed by atoms with Crippen molar-refractivity contribution in [2.24, 2.45) is 0 Å². The van der Waals surface area contributed by atoms with Gasteiger partial charge in [-0.05, 0) is 32.3 Å². The van der Waals surface area contributed by atoms with E-state index in [-0.39, 0.29) is 12.5 Å².